The van der Waals surface area contributed by atoms with Crippen LogP contribution >= 0.6 is 0 Å². The van der Waals surface area contributed by atoms with Crippen molar-refractivity contribution >= 4 is 22.5 Å². The average Bonchev–Trinajstić information content (AvgIpc) is 3.07. The number of nitrogens with one attached hydrogen (secondary N) is 1. The van der Waals surface area contributed by atoms with Crippen LogP contribution in [-0.4, -0.2) is 19.7 Å². The van der Waals surface area contributed by atoms with Crippen LogP contribution in [0.2, 0.25) is 0 Å². The van der Waals surface area contributed by atoms with E-state index in [0.29, 0.717) is 0 Å². The number of anilines is 2. The Kier molecular flexibility index (Phi) is 3.90. The summed E-state index contributed by atoms with van der Waals surface area (Å²) in [6.07, 6.45) is 4.35. The molecule has 4 rings (SSSR count). The van der Waals surface area contributed by atoms with Crippen molar-refractivity contribution in [2.45, 2.75) is 20.3 Å². The van der Waals surface area contributed by atoms with E-state index in [1.54, 1.807) is 6.33 Å². The maximum Gasteiger partial charge on any atom is 0.168 e. The van der Waals surface area contributed by atoms with Gasteiger partial charge in [-0.15, -0.1) is 0 Å². The van der Waals surface area contributed by atoms with Crippen LogP contribution in [0, 0.1) is 6.92 Å². The Hall–Kier alpha value is -3.21. The fourth-order valence-electron chi connectivity index (χ4n) is 2.97. The lowest BCUT2D eigenvalue weighted by atomic mass is 10.1. The molecule has 124 valence electrons. The van der Waals surface area contributed by atoms with E-state index in [1.807, 2.05) is 29.1 Å². The van der Waals surface area contributed by atoms with Crippen LogP contribution in [-0.2, 0) is 6.42 Å². The topological polar surface area (TPSA) is 55.6 Å². The lowest BCUT2D eigenvalue weighted by Gasteiger charge is -2.10. The third-order valence-electron chi connectivity index (χ3n) is 4.26. The van der Waals surface area contributed by atoms with Crippen LogP contribution in [0.5, 0.6) is 0 Å². The van der Waals surface area contributed by atoms with Crippen molar-refractivity contribution in [2.75, 3.05) is 5.32 Å². The molecule has 5 nitrogen and oxygen atoms in total. The summed E-state index contributed by atoms with van der Waals surface area (Å²) in [5.74, 6) is 0.768. The normalized spacial score (nSPS) is 11.0. The molecule has 0 unspecified atom stereocenters. The zero-order valence-electron chi connectivity index (χ0n) is 14.3. The molecule has 1 N–H and O–H groups in total. The van der Waals surface area contributed by atoms with Crippen molar-refractivity contribution in [3.63, 3.8) is 0 Å². The molecule has 2 aromatic heterocycles. The van der Waals surface area contributed by atoms with Gasteiger partial charge in [0.25, 0.3) is 0 Å². The van der Waals surface area contributed by atoms with Gasteiger partial charge in [0.15, 0.2) is 5.65 Å². The van der Waals surface area contributed by atoms with E-state index in [1.165, 1.54) is 11.1 Å². The first-order valence-corrected chi connectivity index (χ1v) is 8.37. The first-order chi connectivity index (χ1) is 12.3. The molecule has 0 atom stereocenters. The summed E-state index contributed by atoms with van der Waals surface area (Å²) < 4.78 is 1.85. The molecule has 2 aromatic carbocycles. The summed E-state index contributed by atoms with van der Waals surface area (Å²) in [5, 5.41) is 8.86. The molecule has 0 spiro atoms. The molecule has 0 aliphatic carbocycles. The summed E-state index contributed by atoms with van der Waals surface area (Å²) >= 11 is 0. The predicted octanol–water partition coefficient (Wildman–Crippen LogP) is 4.43. The molecule has 25 heavy (non-hydrogen) atoms. The van der Waals surface area contributed by atoms with Gasteiger partial charge in [-0.1, -0.05) is 37.3 Å². The number of aryl methyl sites for hydroxylation is 2. The number of para-hydroxylation sites is 1. The number of aromatic nitrogens is 4. The number of benzene rings is 2. The van der Waals surface area contributed by atoms with E-state index >= 15 is 0 Å². The Bertz CT molecular complexity index is 1040. The molecular weight excluding hydrogens is 310 g/mol. The van der Waals surface area contributed by atoms with E-state index in [2.05, 4.69) is 64.6 Å². The van der Waals surface area contributed by atoms with Gasteiger partial charge < -0.3 is 5.32 Å². The molecule has 5 heteroatoms. The Morgan fingerprint density at radius 2 is 1.92 bits per heavy atom. The number of nitrogens with zero attached hydrogens (tertiary/aromatic N) is 4. The first-order valence-electron chi connectivity index (χ1n) is 8.37. The zero-order valence-corrected chi connectivity index (χ0v) is 14.3. The molecule has 0 aliphatic heterocycles. The number of hydrogen-bond donors (Lipinski definition) is 1. The third-order valence-corrected chi connectivity index (χ3v) is 4.26. The largest absolute Gasteiger partial charge is 0.339 e. The van der Waals surface area contributed by atoms with Gasteiger partial charge in [0.1, 0.15) is 12.1 Å². The molecule has 0 fully saturated rings. The van der Waals surface area contributed by atoms with Gasteiger partial charge >= 0.3 is 0 Å². The summed E-state index contributed by atoms with van der Waals surface area (Å²) in [7, 11) is 0. The van der Waals surface area contributed by atoms with Crippen molar-refractivity contribution in [2.24, 2.45) is 0 Å². The van der Waals surface area contributed by atoms with Gasteiger partial charge in [0.05, 0.1) is 17.3 Å². The second-order valence-corrected chi connectivity index (χ2v) is 5.99. The Morgan fingerprint density at radius 3 is 2.76 bits per heavy atom. The van der Waals surface area contributed by atoms with Crippen LogP contribution in [0.15, 0.2) is 61.1 Å². The van der Waals surface area contributed by atoms with Gasteiger partial charge in [-0.05, 0) is 42.7 Å². The Balaban J connectivity index is 1.79. The van der Waals surface area contributed by atoms with Gasteiger partial charge in [-0.25, -0.2) is 14.6 Å². The Morgan fingerprint density at radius 1 is 1.04 bits per heavy atom. The SMILES string of the molecule is CCc1ccccc1Nc1ncnc2c1cnn2-c1cccc(C)c1. The highest BCUT2D eigenvalue weighted by Gasteiger charge is 2.12. The van der Waals surface area contributed by atoms with Crippen molar-refractivity contribution < 1.29 is 0 Å². The fourth-order valence-corrected chi connectivity index (χ4v) is 2.97. The van der Waals surface area contributed by atoms with Crippen molar-refractivity contribution in [1.82, 2.24) is 19.7 Å². The standard InChI is InChI=1S/C20H19N5/c1-3-15-8-4-5-10-18(15)24-19-17-12-23-25(20(17)22-13-21-19)16-9-6-7-14(2)11-16/h4-13H,3H2,1-2H3,(H,21,22,24). The highest BCUT2D eigenvalue weighted by molar-refractivity contribution is 5.89. The van der Waals surface area contributed by atoms with E-state index in [4.69, 9.17) is 0 Å². The van der Waals surface area contributed by atoms with E-state index < -0.39 is 0 Å². The zero-order chi connectivity index (χ0) is 17.2. The minimum Gasteiger partial charge on any atom is -0.339 e. The van der Waals surface area contributed by atoms with Crippen LogP contribution in [0.3, 0.4) is 0 Å². The summed E-state index contributed by atoms with van der Waals surface area (Å²) in [5.41, 5.74) is 5.28. The van der Waals surface area contributed by atoms with Crippen LogP contribution in [0.1, 0.15) is 18.1 Å². The van der Waals surface area contributed by atoms with E-state index in [9.17, 15) is 0 Å². The second kappa shape index (κ2) is 6.36. The maximum absolute atomic E-state index is 4.53. The van der Waals surface area contributed by atoms with Crippen molar-refractivity contribution in [3.05, 3.63) is 72.2 Å². The van der Waals surface area contributed by atoms with Crippen molar-refractivity contribution in [1.29, 1.82) is 0 Å². The lowest BCUT2D eigenvalue weighted by molar-refractivity contribution is 0.894. The second-order valence-electron chi connectivity index (χ2n) is 5.99. The van der Waals surface area contributed by atoms with Crippen LogP contribution < -0.4 is 5.32 Å². The summed E-state index contributed by atoms with van der Waals surface area (Å²) in [6.45, 7) is 4.21. The van der Waals surface area contributed by atoms with Gasteiger partial charge in [-0.3, -0.25) is 0 Å². The minimum atomic E-state index is 0.768. The minimum absolute atomic E-state index is 0.768. The molecule has 0 aliphatic rings. The molecular formula is C20H19N5. The lowest BCUT2D eigenvalue weighted by Crippen LogP contribution is -2.01. The molecule has 0 saturated carbocycles. The average molecular weight is 329 g/mol. The maximum atomic E-state index is 4.53. The quantitative estimate of drug-likeness (QED) is 0.602. The highest BCUT2D eigenvalue weighted by atomic mass is 15.3. The molecule has 0 amide bonds. The van der Waals surface area contributed by atoms with Gasteiger partial charge in [0.2, 0.25) is 0 Å². The predicted molar refractivity (Wildman–Crippen MR) is 100 cm³/mol. The third kappa shape index (κ3) is 2.85. The van der Waals surface area contributed by atoms with Crippen molar-refractivity contribution in [3.8, 4) is 5.69 Å². The van der Waals surface area contributed by atoms with Gasteiger partial charge in [0, 0.05) is 5.69 Å². The highest BCUT2D eigenvalue weighted by Crippen LogP contribution is 2.26. The first kappa shape index (κ1) is 15.3. The molecule has 0 radical (unpaired) electrons. The number of hydrogen-bond acceptors (Lipinski definition) is 4. The number of rotatable bonds is 4. The smallest absolute Gasteiger partial charge is 0.168 e. The molecule has 0 bridgehead atoms. The molecule has 2 heterocycles. The Labute approximate surface area is 146 Å². The van der Waals surface area contributed by atoms with E-state index in [-0.39, 0.29) is 0 Å². The fraction of sp³-hybridized carbons (Fsp3) is 0.150. The van der Waals surface area contributed by atoms with Crippen LogP contribution in [0.4, 0.5) is 11.5 Å². The molecule has 0 saturated heterocycles. The monoisotopic (exact) mass is 329 g/mol. The van der Waals surface area contributed by atoms with E-state index in [0.717, 1.165) is 34.6 Å². The summed E-state index contributed by atoms with van der Waals surface area (Å²) in [6, 6.07) is 16.5. The van der Waals surface area contributed by atoms with Gasteiger partial charge in [-0.2, -0.15) is 5.10 Å². The number of fused-ring (bicyclic) bond motifs is 1. The van der Waals surface area contributed by atoms with Crippen LogP contribution in [0.25, 0.3) is 16.7 Å². The molecule has 4 aromatic rings. The summed E-state index contributed by atoms with van der Waals surface area (Å²) in [4.78, 5) is 8.87.